The van der Waals surface area contributed by atoms with Gasteiger partial charge in [0.2, 0.25) is 0 Å². The van der Waals surface area contributed by atoms with Gasteiger partial charge in [-0.1, -0.05) is 0 Å². The second kappa shape index (κ2) is 5.61. The summed E-state index contributed by atoms with van der Waals surface area (Å²) in [5.41, 5.74) is 7.66. The maximum absolute atomic E-state index is 12.3. The van der Waals surface area contributed by atoms with Gasteiger partial charge < -0.3 is 10.5 Å². The van der Waals surface area contributed by atoms with Gasteiger partial charge in [0.05, 0.1) is 17.7 Å². The van der Waals surface area contributed by atoms with Crippen molar-refractivity contribution >= 4 is 21.5 Å². The van der Waals surface area contributed by atoms with Crippen LogP contribution in [0.1, 0.15) is 11.3 Å². The maximum atomic E-state index is 12.3. The highest BCUT2D eigenvalue weighted by Crippen LogP contribution is 2.25. The summed E-state index contributed by atoms with van der Waals surface area (Å²) in [5, 5.41) is 0. The minimum absolute atomic E-state index is 0.0572. The Labute approximate surface area is 124 Å². The maximum Gasteiger partial charge on any atom is 0.263 e. The van der Waals surface area contributed by atoms with Crippen molar-refractivity contribution in [2.75, 3.05) is 17.6 Å². The Hall–Kier alpha value is -2.28. The molecule has 0 spiro atoms. The first-order chi connectivity index (χ1) is 9.81. The number of rotatable bonds is 4. The van der Waals surface area contributed by atoms with Gasteiger partial charge in [-0.2, -0.15) is 0 Å². The molecular weight excluding hydrogens is 290 g/mol. The standard InChI is InChI=1S/C14H17N3O3S/c1-9-6-10(2)16-14(7-9)17-21(18,19)11-4-5-13(20-3)12(15)8-11/h4-8H,15H2,1-3H3,(H,16,17). The molecule has 0 aliphatic carbocycles. The molecule has 0 saturated heterocycles. The third-order valence-electron chi connectivity index (χ3n) is 2.85. The van der Waals surface area contributed by atoms with Crippen molar-refractivity contribution in [2.45, 2.75) is 18.7 Å². The SMILES string of the molecule is COc1ccc(S(=O)(=O)Nc2cc(C)cc(C)n2)cc1N. The van der Waals surface area contributed by atoms with Gasteiger partial charge in [-0.25, -0.2) is 13.4 Å². The van der Waals surface area contributed by atoms with Crippen LogP contribution in [0.25, 0.3) is 0 Å². The van der Waals surface area contributed by atoms with Crippen molar-refractivity contribution in [1.29, 1.82) is 0 Å². The van der Waals surface area contributed by atoms with Crippen molar-refractivity contribution < 1.29 is 13.2 Å². The fourth-order valence-corrected chi connectivity index (χ4v) is 3.00. The van der Waals surface area contributed by atoms with Crippen LogP contribution in [0.15, 0.2) is 35.2 Å². The van der Waals surface area contributed by atoms with Crippen molar-refractivity contribution in [1.82, 2.24) is 4.98 Å². The van der Waals surface area contributed by atoms with Gasteiger partial charge in [-0.15, -0.1) is 0 Å². The zero-order valence-corrected chi connectivity index (χ0v) is 12.9. The molecule has 1 aromatic heterocycles. The van der Waals surface area contributed by atoms with Gasteiger partial charge in [0.1, 0.15) is 11.6 Å². The number of nitrogen functional groups attached to an aromatic ring is 1. The quantitative estimate of drug-likeness (QED) is 0.843. The van der Waals surface area contributed by atoms with E-state index in [1.165, 1.54) is 25.3 Å². The van der Waals surface area contributed by atoms with Gasteiger partial charge in [0.15, 0.2) is 0 Å². The third-order valence-corrected chi connectivity index (χ3v) is 4.20. The number of benzene rings is 1. The lowest BCUT2D eigenvalue weighted by Crippen LogP contribution is -2.14. The summed E-state index contributed by atoms with van der Waals surface area (Å²) >= 11 is 0. The molecular formula is C14H17N3O3S. The average molecular weight is 307 g/mol. The van der Waals surface area contributed by atoms with Gasteiger partial charge in [-0.3, -0.25) is 4.72 Å². The molecule has 0 radical (unpaired) electrons. The number of nitrogens with one attached hydrogen (secondary N) is 1. The molecule has 0 amide bonds. The largest absolute Gasteiger partial charge is 0.495 e. The number of nitrogens with zero attached hydrogens (tertiary/aromatic N) is 1. The smallest absolute Gasteiger partial charge is 0.263 e. The molecule has 7 heteroatoms. The number of hydrogen-bond donors (Lipinski definition) is 2. The summed E-state index contributed by atoms with van der Waals surface area (Å²) in [6, 6.07) is 7.82. The Balaban J connectivity index is 2.36. The van der Waals surface area contributed by atoms with Crippen LogP contribution in [0.4, 0.5) is 11.5 Å². The topological polar surface area (TPSA) is 94.3 Å². The second-order valence-electron chi connectivity index (χ2n) is 4.68. The first-order valence-electron chi connectivity index (χ1n) is 6.23. The summed E-state index contributed by atoms with van der Waals surface area (Å²) in [6.45, 7) is 3.67. The lowest BCUT2D eigenvalue weighted by Gasteiger charge is -2.10. The first kappa shape index (κ1) is 15.1. The van der Waals surface area contributed by atoms with Crippen LogP contribution in [-0.2, 0) is 10.0 Å². The molecule has 3 N–H and O–H groups in total. The molecule has 0 bridgehead atoms. The van der Waals surface area contributed by atoms with E-state index in [-0.39, 0.29) is 16.4 Å². The highest BCUT2D eigenvalue weighted by Gasteiger charge is 2.16. The number of sulfonamides is 1. The van der Waals surface area contributed by atoms with Gasteiger partial charge in [0, 0.05) is 5.69 Å². The van der Waals surface area contributed by atoms with Crippen LogP contribution < -0.4 is 15.2 Å². The van der Waals surface area contributed by atoms with E-state index in [1.54, 1.807) is 13.0 Å². The van der Waals surface area contributed by atoms with Crippen LogP contribution in [0, 0.1) is 13.8 Å². The highest BCUT2D eigenvalue weighted by molar-refractivity contribution is 7.92. The van der Waals surface area contributed by atoms with E-state index in [0.29, 0.717) is 5.75 Å². The molecule has 0 atom stereocenters. The zero-order valence-electron chi connectivity index (χ0n) is 12.0. The summed E-state index contributed by atoms with van der Waals surface area (Å²) in [5.74, 6) is 0.709. The molecule has 1 aromatic carbocycles. The van der Waals surface area contributed by atoms with Crippen LogP contribution in [0.3, 0.4) is 0 Å². The summed E-state index contributed by atoms with van der Waals surface area (Å²) in [6.07, 6.45) is 0. The Bertz CT molecular complexity index is 753. The predicted octanol–water partition coefficient (Wildman–Crippen LogP) is 2.09. The summed E-state index contributed by atoms with van der Waals surface area (Å²) in [4.78, 5) is 4.21. The number of nitrogens with two attached hydrogens (primary N) is 1. The number of methoxy groups -OCH3 is 1. The number of aryl methyl sites for hydroxylation is 2. The number of pyridine rings is 1. The molecule has 0 aliphatic rings. The Morgan fingerprint density at radius 1 is 1.19 bits per heavy atom. The minimum Gasteiger partial charge on any atom is -0.495 e. The first-order valence-corrected chi connectivity index (χ1v) is 7.72. The van der Waals surface area contributed by atoms with E-state index < -0.39 is 10.0 Å². The monoisotopic (exact) mass is 307 g/mol. The molecule has 2 aromatic rings. The van der Waals surface area contributed by atoms with Crippen LogP contribution in [-0.4, -0.2) is 20.5 Å². The number of aromatic nitrogens is 1. The summed E-state index contributed by atoms with van der Waals surface area (Å²) in [7, 11) is -2.27. The van der Waals surface area contributed by atoms with Crippen molar-refractivity contribution in [2.24, 2.45) is 0 Å². The van der Waals surface area contributed by atoms with E-state index in [4.69, 9.17) is 10.5 Å². The molecule has 21 heavy (non-hydrogen) atoms. The van der Waals surface area contributed by atoms with E-state index >= 15 is 0 Å². The summed E-state index contributed by atoms with van der Waals surface area (Å²) < 4.78 is 32.1. The van der Waals surface area contributed by atoms with Crippen molar-refractivity contribution in [3.8, 4) is 5.75 Å². The van der Waals surface area contributed by atoms with E-state index in [1.807, 2.05) is 13.0 Å². The van der Waals surface area contributed by atoms with E-state index in [0.717, 1.165) is 11.3 Å². The molecule has 1 heterocycles. The third kappa shape index (κ3) is 3.43. The van der Waals surface area contributed by atoms with Gasteiger partial charge in [-0.05, 0) is 49.7 Å². The molecule has 112 valence electrons. The molecule has 0 fully saturated rings. The zero-order chi connectivity index (χ0) is 15.6. The Morgan fingerprint density at radius 3 is 2.48 bits per heavy atom. The van der Waals surface area contributed by atoms with Crippen LogP contribution in [0.5, 0.6) is 5.75 Å². The minimum atomic E-state index is -3.74. The lowest BCUT2D eigenvalue weighted by atomic mass is 10.2. The average Bonchev–Trinajstić information content (AvgIpc) is 2.36. The Kier molecular flexibility index (Phi) is 4.04. The van der Waals surface area contributed by atoms with E-state index in [2.05, 4.69) is 9.71 Å². The molecule has 2 rings (SSSR count). The molecule has 0 unspecified atom stereocenters. The number of anilines is 2. The number of ether oxygens (including phenoxy) is 1. The van der Waals surface area contributed by atoms with Crippen molar-refractivity contribution in [3.05, 3.63) is 41.6 Å². The van der Waals surface area contributed by atoms with Gasteiger partial charge >= 0.3 is 0 Å². The molecule has 0 aliphatic heterocycles. The van der Waals surface area contributed by atoms with Gasteiger partial charge in [0.25, 0.3) is 10.0 Å². The predicted molar refractivity (Wildman–Crippen MR) is 81.9 cm³/mol. The number of hydrogen-bond acceptors (Lipinski definition) is 5. The fraction of sp³-hybridized carbons (Fsp3) is 0.214. The van der Waals surface area contributed by atoms with Crippen LogP contribution in [0.2, 0.25) is 0 Å². The molecule has 6 nitrogen and oxygen atoms in total. The molecule has 0 saturated carbocycles. The van der Waals surface area contributed by atoms with E-state index in [9.17, 15) is 8.42 Å². The normalized spacial score (nSPS) is 11.2. The second-order valence-corrected chi connectivity index (χ2v) is 6.36. The lowest BCUT2D eigenvalue weighted by molar-refractivity contribution is 0.416. The Morgan fingerprint density at radius 2 is 1.90 bits per heavy atom. The van der Waals surface area contributed by atoms with Crippen LogP contribution >= 0.6 is 0 Å². The van der Waals surface area contributed by atoms with Crippen molar-refractivity contribution in [3.63, 3.8) is 0 Å². The highest BCUT2D eigenvalue weighted by atomic mass is 32.2. The fourth-order valence-electron chi connectivity index (χ4n) is 1.97.